The number of ether oxygens (including phenoxy) is 1. The van der Waals surface area contributed by atoms with Gasteiger partial charge in [0.2, 0.25) is 0 Å². The Morgan fingerprint density at radius 2 is 1.88 bits per heavy atom. The van der Waals surface area contributed by atoms with Crippen LogP contribution in [0, 0.1) is 6.92 Å². The number of piperazine rings is 1. The molecule has 0 unspecified atom stereocenters. The van der Waals surface area contributed by atoms with E-state index in [0.717, 1.165) is 30.4 Å². The van der Waals surface area contributed by atoms with Crippen LogP contribution in [-0.4, -0.2) is 57.5 Å². The lowest BCUT2D eigenvalue weighted by atomic mass is 10.2. The van der Waals surface area contributed by atoms with E-state index in [-0.39, 0.29) is 6.09 Å². The molecule has 0 bridgehead atoms. The lowest BCUT2D eigenvalue weighted by molar-refractivity contribution is 0.0240. The Balaban J connectivity index is 1.71. The van der Waals surface area contributed by atoms with E-state index >= 15 is 0 Å². The van der Waals surface area contributed by atoms with Gasteiger partial charge in [0.15, 0.2) is 5.82 Å². The van der Waals surface area contributed by atoms with Crippen molar-refractivity contribution in [2.75, 3.05) is 31.1 Å². The van der Waals surface area contributed by atoms with Crippen molar-refractivity contribution in [1.29, 1.82) is 0 Å². The highest BCUT2D eigenvalue weighted by molar-refractivity contribution is 5.68. The predicted molar refractivity (Wildman–Crippen MR) is 96.1 cm³/mol. The molecule has 0 radical (unpaired) electrons. The number of rotatable bonds is 2. The van der Waals surface area contributed by atoms with Gasteiger partial charge >= 0.3 is 6.09 Å². The molecular weight excluding hydrogens is 318 g/mol. The van der Waals surface area contributed by atoms with Crippen molar-refractivity contribution in [3.05, 3.63) is 36.2 Å². The number of carbonyl (C=O) groups excluding carboxylic acids is 1. The average molecular weight is 343 g/mol. The lowest BCUT2D eigenvalue weighted by Crippen LogP contribution is -2.50. The maximum atomic E-state index is 12.2. The fraction of sp³-hybridized carbons (Fsp3) is 0.500. The van der Waals surface area contributed by atoms with Crippen LogP contribution in [0.25, 0.3) is 5.82 Å². The van der Waals surface area contributed by atoms with Crippen molar-refractivity contribution in [3.8, 4) is 5.82 Å². The van der Waals surface area contributed by atoms with Gasteiger partial charge in [-0.1, -0.05) is 6.07 Å². The molecule has 2 aromatic rings. The zero-order valence-electron chi connectivity index (χ0n) is 15.3. The van der Waals surface area contributed by atoms with Crippen molar-refractivity contribution < 1.29 is 9.53 Å². The zero-order valence-corrected chi connectivity index (χ0v) is 15.3. The molecule has 7 nitrogen and oxygen atoms in total. The number of pyridine rings is 1. The van der Waals surface area contributed by atoms with Gasteiger partial charge in [-0.15, -0.1) is 0 Å². The van der Waals surface area contributed by atoms with E-state index in [9.17, 15) is 4.79 Å². The fourth-order valence-electron chi connectivity index (χ4n) is 2.80. The summed E-state index contributed by atoms with van der Waals surface area (Å²) in [7, 11) is 0. The minimum atomic E-state index is -0.469. The number of hydrogen-bond acceptors (Lipinski definition) is 5. The normalized spacial score (nSPS) is 15.4. The van der Waals surface area contributed by atoms with Crippen LogP contribution in [0.4, 0.5) is 10.6 Å². The third kappa shape index (κ3) is 4.10. The van der Waals surface area contributed by atoms with Gasteiger partial charge in [0, 0.05) is 38.4 Å². The van der Waals surface area contributed by atoms with E-state index in [4.69, 9.17) is 4.74 Å². The average Bonchev–Trinajstić information content (AvgIpc) is 2.96. The van der Waals surface area contributed by atoms with E-state index in [1.54, 1.807) is 11.1 Å². The summed E-state index contributed by atoms with van der Waals surface area (Å²) in [5, 5.41) is 4.57. The standard InChI is InChI=1S/C18H25N5O2/c1-14-13-16(23(20-14)15-7-5-6-8-19-15)21-9-11-22(12-10-21)17(24)25-18(2,3)4/h5-8,13H,9-12H2,1-4H3. The largest absolute Gasteiger partial charge is 0.444 e. The van der Waals surface area contributed by atoms with Gasteiger partial charge in [0.25, 0.3) is 0 Å². The van der Waals surface area contributed by atoms with E-state index in [1.165, 1.54) is 0 Å². The molecule has 7 heteroatoms. The molecule has 3 rings (SSSR count). The molecule has 1 amide bonds. The highest BCUT2D eigenvalue weighted by Crippen LogP contribution is 2.22. The Morgan fingerprint density at radius 3 is 2.48 bits per heavy atom. The summed E-state index contributed by atoms with van der Waals surface area (Å²) in [6.07, 6.45) is 1.51. The van der Waals surface area contributed by atoms with Crippen LogP contribution >= 0.6 is 0 Å². The summed E-state index contributed by atoms with van der Waals surface area (Å²) in [6, 6.07) is 7.83. The minimum absolute atomic E-state index is 0.249. The van der Waals surface area contributed by atoms with Crippen molar-refractivity contribution in [1.82, 2.24) is 19.7 Å². The van der Waals surface area contributed by atoms with Crippen molar-refractivity contribution in [2.45, 2.75) is 33.3 Å². The minimum Gasteiger partial charge on any atom is -0.444 e. The number of anilines is 1. The smallest absolute Gasteiger partial charge is 0.410 e. The summed E-state index contributed by atoms with van der Waals surface area (Å²) in [5.41, 5.74) is 0.471. The van der Waals surface area contributed by atoms with Gasteiger partial charge in [-0.2, -0.15) is 9.78 Å². The van der Waals surface area contributed by atoms with E-state index in [0.29, 0.717) is 13.1 Å². The van der Waals surface area contributed by atoms with Gasteiger partial charge < -0.3 is 14.5 Å². The van der Waals surface area contributed by atoms with E-state index in [1.807, 2.05) is 50.6 Å². The van der Waals surface area contributed by atoms with Crippen LogP contribution in [0.1, 0.15) is 26.5 Å². The van der Waals surface area contributed by atoms with Crippen LogP contribution < -0.4 is 4.90 Å². The van der Waals surface area contributed by atoms with E-state index in [2.05, 4.69) is 21.0 Å². The van der Waals surface area contributed by atoms with Crippen LogP contribution in [-0.2, 0) is 4.74 Å². The third-order valence-corrected chi connectivity index (χ3v) is 3.93. The summed E-state index contributed by atoms with van der Waals surface area (Å²) in [4.78, 5) is 20.6. The molecule has 0 spiro atoms. The monoisotopic (exact) mass is 343 g/mol. The molecule has 0 aliphatic carbocycles. The molecule has 0 N–H and O–H groups in total. The number of carbonyl (C=O) groups is 1. The number of hydrogen-bond donors (Lipinski definition) is 0. The first-order chi connectivity index (χ1) is 11.8. The van der Waals surface area contributed by atoms with Crippen molar-refractivity contribution >= 4 is 11.9 Å². The second-order valence-corrected chi connectivity index (χ2v) is 7.20. The highest BCUT2D eigenvalue weighted by Gasteiger charge is 2.27. The van der Waals surface area contributed by atoms with Gasteiger partial charge in [-0.25, -0.2) is 9.78 Å². The highest BCUT2D eigenvalue weighted by atomic mass is 16.6. The Kier molecular flexibility index (Phi) is 4.65. The Labute approximate surface area is 148 Å². The summed E-state index contributed by atoms with van der Waals surface area (Å²) >= 11 is 0. The second kappa shape index (κ2) is 6.74. The summed E-state index contributed by atoms with van der Waals surface area (Å²) in [5.74, 6) is 1.79. The first-order valence-corrected chi connectivity index (χ1v) is 8.54. The van der Waals surface area contributed by atoms with E-state index < -0.39 is 5.60 Å². The molecule has 1 saturated heterocycles. The number of amides is 1. The first-order valence-electron chi connectivity index (χ1n) is 8.54. The van der Waals surface area contributed by atoms with Crippen molar-refractivity contribution in [2.24, 2.45) is 0 Å². The van der Waals surface area contributed by atoms with Crippen LogP contribution in [0.2, 0.25) is 0 Å². The van der Waals surface area contributed by atoms with Crippen LogP contribution in [0.5, 0.6) is 0 Å². The summed E-state index contributed by atoms with van der Waals surface area (Å²) in [6.45, 7) is 10.3. The van der Waals surface area contributed by atoms with Crippen LogP contribution in [0.3, 0.4) is 0 Å². The molecule has 0 atom stereocenters. The molecule has 1 aliphatic heterocycles. The topological polar surface area (TPSA) is 63.5 Å². The third-order valence-electron chi connectivity index (χ3n) is 3.93. The number of aryl methyl sites for hydroxylation is 1. The zero-order chi connectivity index (χ0) is 18.0. The Morgan fingerprint density at radius 1 is 1.16 bits per heavy atom. The Bertz CT molecular complexity index is 728. The lowest BCUT2D eigenvalue weighted by Gasteiger charge is -2.36. The molecule has 1 aliphatic rings. The maximum Gasteiger partial charge on any atom is 0.410 e. The molecule has 0 aromatic carbocycles. The molecule has 3 heterocycles. The van der Waals surface area contributed by atoms with Gasteiger partial charge in [-0.3, -0.25) is 0 Å². The number of nitrogens with zero attached hydrogens (tertiary/aromatic N) is 5. The van der Waals surface area contributed by atoms with Gasteiger partial charge in [0.05, 0.1) is 5.69 Å². The molecular formula is C18H25N5O2. The Hall–Kier alpha value is -2.57. The quantitative estimate of drug-likeness (QED) is 0.839. The SMILES string of the molecule is Cc1cc(N2CCN(C(=O)OC(C)(C)C)CC2)n(-c2ccccn2)n1. The molecule has 1 fully saturated rings. The molecule has 2 aromatic heterocycles. The molecule has 25 heavy (non-hydrogen) atoms. The van der Waals surface area contributed by atoms with Crippen LogP contribution in [0.15, 0.2) is 30.5 Å². The fourth-order valence-corrected chi connectivity index (χ4v) is 2.80. The predicted octanol–water partition coefficient (Wildman–Crippen LogP) is 2.63. The van der Waals surface area contributed by atoms with Gasteiger partial charge in [-0.05, 0) is 39.8 Å². The maximum absolute atomic E-state index is 12.2. The first kappa shape index (κ1) is 17.3. The van der Waals surface area contributed by atoms with Crippen molar-refractivity contribution in [3.63, 3.8) is 0 Å². The molecule has 134 valence electrons. The second-order valence-electron chi connectivity index (χ2n) is 7.20. The summed E-state index contributed by atoms with van der Waals surface area (Å²) < 4.78 is 7.32. The molecule has 0 saturated carbocycles. The number of aromatic nitrogens is 3. The van der Waals surface area contributed by atoms with Gasteiger partial charge in [0.1, 0.15) is 11.4 Å².